The first-order valence-corrected chi connectivity index (χ1v) is 6.88. The van der Waals surface area contributed by atoms with Gasteiger partial charge in [0, 0.05) is 12.1 Å². The molecule has 0 atom stereocenters. The fourth-order valence-electron chi connectivity index (χ4n) is 2.37. The maximum absolute atomic E-state index is 12.1. The van der Waals surface area contributed by atoms with Crippen LogP contribution in [-0.4, -0.2) is 31.1 Å². The highest BCUT2D eigenvalue weighted by atomic mass is 16.7. The van der Waals surface area contributed by atoms with Gasteiger partial charge in [0.15, 0.2) is 17.3 Å². The summed E-state index contributed by atoms with van der Waals surface area (Å²) in [4.78, 5) is 14.1. The van der Waals surface area contributed by atoms with Crippen LogP contribution in [0.2, 0.25) is 0 Å². The molecule has 108 valence electrons. The van der Waals surface area contributed by atoms with Gasteiger partial charge in [-0.1, -0.05) is 36.4 Å². The van der Waals surface area contributed by atoms with Crippen molar-refractivity contribution in [2.45, 2.75) is 6.54 Å². The third-order valence-electron chi connectivity index (χ3n) is 3.40. The summed E-state index contributed by atoms with van der Waals surface area (Å²) in [6.45, 7) is 1.36. The summed E-state index contributed by atoms with van der Waals surface area (Å²) in [6.07, 6.45) is 0. The van der Waals surface area contributed by atoms with Crippen LogP contribution in [0.5, 0.6) is 11.5 Å². The van der Waals surface area contributed by atoms with Gasteiger partial charge in [-0.25, -0.2) is 0 Å². The number of nitrogens with zero attached hydrogens (tertiary/aromatic N) is 1. The van der Waals surface area contributed by atoms with Crippen molar-refractivity contribution in [3.05, 3.63) is 59.7 Å². The maximum Gasteiger partial charge on any atom is 0.231 e. The fraction of sp³-hybridized carbons (Fsp3) is 0.235. The van der Waals surface area contributed by atoms with Crippen molar-refractivity contribution in [1.29, 1.82) is 0 Å². The van der Waals surface area contributed by atoms with E-state index in [1.165, 1.54) is 0 Å². The first-order chi connectivity index (χ1) is 10.2. The highest BCUT2D eigenvalue weighted by Gasteiger charge is 2.14. The molecule has 0 radical (unpaired) electrons. The molecule has 0 N–H and O–H groups in total. The Morgan fingerprint density at radius 3 is 2.67 bits per heavy atom. The summed E-state index contributed by atoms with van der Waals surface area (Å²) >= 11 is 0. The molecule has 0 saturated carbocycles. The molecule has 1 heterocycles. The van der Waals surface area contributed by atoms with E-state index in [9.17, 15) is 4.79 Å². The van der Waals surface area contributed by atoms with Gasteiger partial charge in [-0.15, -0.1) is 0 Å². The van der Waals surface area contributed by atoms with Crippen LogP contribution in [0.25, 0.3) is 0 Å². The van der Waals surface area contributed by atoms with E-state index in [-0.39, 0.29) is 12.6 Å². The van der Waals surface area contributed by atoms with E-state index < -0.39 is 0 Å². The standard InChI is InChI=1S/C17H17NO3/c1-18(11-15(19)14-5-3-2-4-6-14)10-13-7-8-16-17(9-13)21-12-20-16/h2-9H,10-12H2,1H3. The third kappa shape index (κ3) is 3.23. The lowest BCUT2D eigenvalue weighted by Gasteiger charge is -2.16. The van der Waals surface area contributed by atoms with E-state index in [1.54, 1.807) is 0 Å². The average Bonchev–Trinajstić information content (AvgIpc) is 2.95. The van der Waals surface area contributed by atoms with Crippen molar-refractivity contribution in [3.63, 3.8) is 0 Å². The van der Waals surface area contributed by atoms with Crippen LogP contribution in [0, 0.1) is 0 Å². The second-order valence-electron chi connectivity index (χ2n) is 5.15. The van der Waals surface area contributed by atoms with Crippen molar-refractivity contribution in [1.82, 2.24) is 4.90 Å². The predicted octanol–water partition coefficient (Wildman–Crippen LogP) is 2.73. The van der Waals surface area contributed by atoms with Crippen LogP contribution >= 0.6 is 0 Å². The number of hydrogen-bond acceptors (Lipinski definition) is 4. The van der Waals surface area contributed by atoms with Gasteiger partial charge in [-0.3, -0.25) is 9.69 Å². The minimum Gasteiger partial charge on any atom is -0.454 e. The van der Waals surface area contributed by atoms with Gasteiger partial charge >= 0.3 is 0 Å². The average molecular weight is 283 g/mol. The summed E-state index contributed by atoms with van der Waals surface area (Å²) in [5, 5.41) is 0. The number of hydrogen-bond donors (Lipinski definition) is 0. The zero-order valence-corrected chi connectivity index (χ0v) is 11.9. The molecule has 0 aliphatic carbocycles. The summed E-state index contributed by atoms with van der Waals surface area (Å²) in [7, 11) is 1.94. The van der Waals surface area contributed by atoms with Crippen molar-refractivity contribution in [3.8, 4) is 11.5 Å². The minimum atomic E-state index is 0.124. The van der Waals surface area contributed by atoms with Crippen molar-refractivity contribution in [2.75, 3.05) is 20.4 Å². The number of rotatable bonds is 5. The van der Waals surface area contributed by atoms with Gasteiger partial charge in [-0.05, 0) is 24.7 Å². The van der Waals surface area contributed by atoms with Crippen LogP contribution in [0.15, 0.2) is 48.5 Å². The van der Waals surface area contributed by atoms with Crippen molar-refractivity contribution < 1.29 is 14.3 Å². The minimum absolute atomic E-state index is 0.124. The van der Waals surface area contributed by atoms with E-state index in [0.29, 0.717) is 13.1 Å². The van der Waals surface area contributed by atoms with Crippen LogP contribution in [0.3, 0.4) is 0 Å². The van der Waals surface area contributed by atoms with Crippen molar-refractivity contribution in [2.24, 2.45) is 0 Å². The predicted molar refractivity (Wildman–Crippen MR) is 79.7 cm³/mol. The number of ether oxygens (including phenoxy) is 2. The van der Waals surface area contributed by atoms with Crippen LogP contribution in [-0.2, 0) is 6.54 Å². The number of carbonyl (C=O) groups is 1. The van der Waals surface area contributed by atoms with Crippen LogP contribution in [0.1, 0.15) is 15.9 Å². The Labute approximate surface area is 123 Å². The number of carbonyl (C=O) groups excluding carboxylic acids is 1. The SMILES string of the molecule is CN(CC(=O)c1ccccc1)Cc1ccc2c(c1)OCO2. The number of ketones is 1. The zero-order valence-electron chi connectivity index (χ0n) is 11.9. The molecular formula is C17H17NO3. The van der Waals surface area contributed by atoms with Crippen molar-refractivity contribution >= 4 is 5.78 Å². The van der Waals surface area contributed by atoms with Gasteiger partial charge in [-0.2, -0.15) is 0 Å². The smallest absolute Gasteiger partial charge is 0.231 e. The molecule has 0 bridgehead atoms. The van der Waals surface area contributed by atoms with E-state index in [0.717, 1.165) is 22.6 Å². The Bertz CT molecular complexity index is 640. The van der Waals surface area contributed by atoms with E-state index in [4.69, 9.17) is 9.47 Å². The molecule has 0 spiro atoms. The van der Waals surface area contributed by atoms with E-state index in [1.807, 2.05) is 60.5 Å². The Morgan fingerprint density at radius 1 is 1.10 bits per heavy atom. The molecule has 0 amide bonds. The van der Waals surface area contributed by atoms with E-state index >= 15 is 0 Å². The molecule has 1 aliphatic heterocycles. The summed E-state index contributed by atoms with van der Waals surface area (Å²) < 4.78 is 10.7. The maximum atomic E-state index is 12.1. The molecular weight excluding hydrogens is 266 g/mol. The first-order valence-electron chi connectivity index (χ1n) is 6.88. The second kappa shape index (κ2) is 5.97. The molecule has 0 unspecified atom stereocenters. The Kier molecular flexibility index (Phi) is 3.88. The van der Waals surface area contributed by atoms with Gasteiger partial charge in [0.2, 0.25) is 6.79 Å². The van der Waals surface area contributed by atoms with Crippen LogP contribution in [0.4, 0.5) is 0 Å². The fourth-order valence-corrected chi connectivity index (χ4v) is 2.37. The van der Waals surface area contributed by atoms with Crippen LogP contribution < -0.4 is 9.47 Å². The molecule has 0 saturated heterocycles. The lowest BCUT2D eigenvalue weighted by Crippen LogP contribution is -2.25. The highest BCUT2D eigenvalue weighted by molar-refractivity contribution is 5.97. The summed E-state index contributed by atoms with van der Waals surface area (Å²) in [6, 6.07) is 15.2. The largest absolute Gasteiger partial charge is 0.454 e. The van der Waals surface area contributed by atoms with Gasteiger partial charge < -0.3 is 9.47 Å². The van der Waals surface area contributed by atoms with Gasteiger partial charge in [0.05, 0.1) is 6.54 Å². The lowest BCUT2D eigenvalue weighted by atomic mass is 10.1. The Morgan fingerprint density at radius 2 is 1.86 bits per heavy atom. The van der Waals surface area contributed by atoms with Gasteiger partial charge in [0.1, 0.15) is 0 Å². The number of Topliss-reactive ketones (excluding diaryl/α,β-unsaturated/α-hetero) is 1. The van der Waals surface area contributed by atoms with E-state index in [2.05, 4.69) is 0 Å². The molecule has 4 heteroatoms. The topological polar surface area (TPSA) is 38.8 Å². The quantitative estimate of drug-likeness (QED) is 0.791. The molecule has 21 heavy (non-hydrogen) atoms. The van der Waals surface area contributed by atoms with Gasteiger partial charge in [0.25, 0.3) is 0 Å². The molecule has 0 aromatic heterocycles. The first kappa shape index (κ1) is 13.6. The number of likely N-dealkylation sites (N-methyl/N-ethyl adjacent to an activating group) is 1. The zero-order chi connectivity index (χ0) is 14.7. The lowest BCUT2D eigenvalue weighted by molar-refractivity contribution is 0.0943. The monoisotopic (exact) mass is 283 g/mol. The summed E-state index contributed by atoms with van der Waals surface area (Å²) in [5.74, 6) is 1.68. The second-order valence-corrected chi connectivity index (χ2v) is 5.15. The molecule has 1 aliphatic rings. The third-order valence-corrected chi connectivity index (χ3v) is 3.40. The highest BCUT2D eigenvalue weighted by Crippen LogP contribution is 2.32. The summed E-state index contributed by atoms with van der Waals surface area (Å²) in [5.41, 5.74) is 1.85. The molecule has 4 nitrogen and oxygen atoms in total. The number of benzene rings is 2. The Hall–Kier alpha value is -2.33. The number of fused-ring (bicyclic) bond motifs is 1. The Balaban J connectivity index is 1.61. The normalized spacial score (nSPS) is 12.7. The molecule has 2 aromatic carbocycles. The molecule has 2 aromatic rings. The molecule has 0 fully saturated rings. The molecule has 3 rings (SSSR count).